The number of aromatic nitrogens is 1. The van der Waals surface area contributed by atoms with Crippen LogP contribution in [0.5, 0.6) is 0 Å². The van der Waals surface area contributed by atoms with Crippen molar-refractivity contribution in [1.29, 1.82) is 0 Å². The molecule has 130 valence electrons. The molecular weight excluding hydrogens is 326 g/mol. The van der Waals surface area contributed by atoms with Crippen LogP contribution in [0.15, 0.2) is 79.1 Å². The molecule has 3 aromatic rings. The van der Waals surface area contributed by atoms with Gasteiger partial charge in [-0.15, -0.1) is 0 Å². The number of amides is 2. The number of hydrogen-bond acceptors (Lipinski definition) is 3. The van der Waals surface area contributed by atoms with Gasteiger partial charge in [-0.25, -0.2) is 0 Å². The summed E-state index contributed by atoms with van der Waals surface area (Å²) < 4.78 is 0. The lowest BCUT2D eigenvalue weighted by atomic mass is 10.1. The Hall–Kier alpha value is -3.47. The normalized spacial score (nSPS) is 10.2. The first-order valence-corrected chi connectivity index (χ1v) is 8.24. The van der Waals surface area contributed by atoms with E-state index in [0.717, 1.165) is 5.56 Å². The van der Waals surface area contributed by atoms with Crippen molar-refractivity contribution in [3.8, 4) is 0 Å². The molecule has 0 aliphatic carbocycles. The molecule has 2 aromatic carbocycles. The zero-order valence-corrected chi connectivity index (χ0v) is 14.4. The van der Waals surface area contributed by atoms with E-state index in [2.05, 4.69) is 10.3 Å². The Bertz CT molecular complexity index is 895. The first-order valence-electron chi connectivity index (χ1n) is 8.24. The van der Waals surface area contributed by atoms with Gasteiger partial charge >= 0.3 is 0 Å². The predicted molar refractivity (Wildman–Crippen MR) is 101 cm³/mol. The zero-order chi connectivity index (χ0) is 18.4. The number of anilines is 1. The molecule has 1 N–H and O–H groups in total. The van der Waals surface area contributed by atoms with Crippen molar-refractivity contribution in [3.63, 3.8) is 0 Å². The highest BCUT2D eigenvalue weighted by Gasteiger charge is 2.13. The lowest BCUT2D eigenvalue weighted by Crippen LogP contribution is -2.26. The van der Waals surface area contributed by atoms with Crippen molar-refractivity contribution in [2.24, 2.45) is 0 Å². The van der Waals surface area contributed by atoms with Gasteiger partial charge in [-0.2, -0.15) is 0 Å². The monoisotopic (exact) mass is 345 g/mol. The molecule has 2 amide bonds. The first-order chi connectivity index (χ1) is 12.6. The van der Waals surface area contributed by atoms with Crippen LogP contribution in [0.3, 0.4) is 0 Å². The van der Waals surface area contributed by atoms with Gasteiger partial charge in [0.05, 0.1) is 0 Å². The van der Waals surface area contributed by atoms with Crippen LogP contribution in [0, 0.1) is 0 Å². The van der Waals surface area contributed by atoms with Crippen molar-refractivity contribution < 1.29 is 9.59 Å². The fraction of sp³-hybridized carbons (Fsp3) is 0.0952. The molecule has 0 aliphatic heterocycles. The molecule has 26 heavy (non-hydrogen) atoms. The topological polar surface area (TPSA) is 62.3 Å². The number of nitrogens with one attached hydrogen (secondary N) is 1. The molecular formula is C21H19N3O2. The summed E-state index contributed by atoms with van der Waals surface area (Å²) in [5.74, 6) is -0.344. The van der Waals surface area contributed by atoms with Gasteiger partial charge in [0.25, 0.3) is 11.8 Å². The number of pyridine rings is 1. The Morgan fingerprint density at radius 2 is 1.65 bits per heavy atom. The van der Waals surface area contributed by atoms with E-state index in [1.54, 1.807) is 60.7 Å². The van der Waals surface area contributed by atoms with E-state index in [1.807, 2.05) is 30.3 Å². The van der Waals surface area contributed by atoms with Crippen LogP contribution in [0.2, 0.25) is 0 Å². The first kappa shape index (κ1) is 17.4. The Kier molecular flexibility index (Phi) is 5.39. The lowest BCUT2D eigenvalue weighted by Gasteiger charge is -2.18. The Labute approximate surface area is 152 Å². The second kappa shape index (κ2) is 8.07. The summed E-state index contributed by atoms with van der Waals surface area (Å²) in [6, 6.07) is 20.0. The molecule has 0 saturated carbocycles. The maximum Gasteiger partial charge on any atom is 0.255 e. The van der Waals surface area contributed by atoms with E-state index in [0.29, 0.717) is 23.4 Å². The zero-order valence-electron chi connectivity index (χ0n) is 14.4. The summed E-state index contributed by atoms with van der Waals surface area (Å²) in [5, 5.41) is 2.80. The van der Waals surface area contributed by atoms with Gasteiger partial charge in [0, 0.05) is 42.8 Å². The van der Waals surface area contributed by atoms with E-state index in [1.165, 1.54) is 0 Å². The largest absolute Gasteiger partial charge is 0.337 e. The Balaban J connectivity index is 1.70. The van der Waals surface area contributed by atoms with E-state index < -0.39 is 0 Å². The highest BCUT2D eigenvalue weighted by Crippen LogP contribution is 2.15. The fourth-order valence-electron chi connectivity index (χ4n) is 2.59. The molecule has 0 aliphatic rings. The SMILES string of the molecule is CN(Cc1ccccc1)C(=O)c1cccc(NC(=O)c2ccncc2)c1. The van der Waals surface area contributed by atoms with Gasteiger partial charge in [-0.1, -0.05) is 36.4 Å². The average Bonchev–Trinajstić information content (AvgIpc) is 2.69. The summed E-state index contributed by atoms with van der Waals surface area (Å²) in [6.07, 6.45) is 3.13. The van der Waals surface area contributed by atoms with Crippen LogP contribution in [0.25, 0.3) is 0 Å². The van der Waals surface area contributed by atoms with Gasteiger partial charge in [0.2, 0.25) is 0 Å². The number of rotatable bonds is 5. The van der Waals surface area contributed by atoms with Gasteiger partial charge in [0.15, 0.2) is 0 Å². The summed E-state index contributed by atoms with van der Waals surface area (Å²) in [7, 11) is 1.76. The van der Waals surface area contributed by atoms with E-state index in [4.69, 9.17) is 0 Å². The molecule has 0 fully saturated rings. The fourth-order valence-corrected chi connectivity index (χ4v) is 2.59. The summed E-state index contributed by atoms with van der Waals surface area (Å²) >= 11 is 0. The molecule has 0 saturated heterocycles. The number of carbonyl (C=O) groups excluding carboxylic acids is 2. The third kappa shape index (κ3) is 4.33. The summed E-state index contributed by atoms with van der Waals surface area (Å²) in [6.45, 7) is 0.521. The molecule has 0 spiro atoms. The average molecular weight is 345 g/mol. The van der Waals surface area contributed by atoms with Crippen LogP contribution >= 0.6 is 0 Å². The van der Waals surface area contributed by atoms with Crippen molar-refractivity contribution in [3.05, 3.63) is 95.8 Å². The number of benzene rings is 2. The Morgan fingerprint density at radius 1 is 0.923 bits per heavy atom. The molecule has 1 aromatic heterocycles. The van der Waals surface area contributed by atoms with Gasteiger partial charge in [-0.05, 0) is 35.9 Å². The number of hydrogen-bond donors (Lipinski definition) is 1. The van der Waals surface area contributed by atoms with Crippen molar-refractivity contribution in [2.75, 3.05) is 12.4 Å². The maximum atomic E-state index is 12.7. The van der Waals surface area contributed by atoms with Crippen LogP contribution in [0.1, 0.15) is 26.3 Å². The van der Waals surface area contributed by atoms with E-state index in [9.17, 15) is 9.59 Å². The number of carbonyl (C=O) groups is 2. The minimum Gasteiger partial charge on any atom is -0.337 e. The molecule has 5 nitrogen and oxygen atoms in total. The van der Waals surface area contributed by atoms with Crippen LogP contribution < -0.4 is 5.32 Å². The van der Waals surface area contributed by atoms with Gasteiger partial charge in [0.1, 0.15) is 0 Å². The molecule has 5 heteroatoms. The molecule has 3 rings (SSSR count). The molecule has 0 radical (unpaired) electrons. The standard InChI is InChI=1S/C21H19N3O2/c1-24(15-16-6-3-2-4-7-16)21(26)18-8-5-9-19(14-18)23-20(25)17-10-12-22-13-11-17/h2-14H,15H2,1H3,(H,23,25). The van der Waals surface area contributed by atoms with E-state index in [-0.39, 0.29) is 11.8 Å². The molecule has 0 bridgehead atoms. The second-order valence-electron chi connectivity index (χ2n) is 5.92. The maximum absolute atomic E-state index is 12.7. The van der Waals surface area contributed by atoms with Crippen molar-refractivity contribution in [1.82, 2.24) is 9.88 Å². The highest BCUT2D eigenvalue weighted by molar-refractivity contribution is 6.05. The third-order valence-corrected chi connectivity index (χ3v) is 3.92. The third-order valence-electron chi connectivity index (χ3n) is 3.92. The molecule has 0 unspecified atom stereocenters. The highest BCUT2D eigenvalue weighted by atomic mass is 16.2. The van der Waals surface area contributed by atoms with E-state index >= 15 is 0 Å². The minimum absolute atomic E-state index is 0.103. The van der Waals surface area contributed by atoms with Crippen LogP contribution in [0.4, 0.5) is 5.69 Å². The second-order valence-corrected chi connectivity index (χ2v) is 5.92. The summed E-state index contributed by atoms with van der Waals surface area (Å²) in [5.41, 5.74) is 2.67. The Morgan fingerprint density at radius 3 is 2.38 bits per heavy atom. The summed E-state index contributed by atoms with van der Waals surface area (Å²) in [4.78, 5) is 30.4. The van der Waals surface area contributed by atoms with Crippen molar-refractivity contribution in [2.45, 2.75) is 6.54 Å². The quantitative estimate of drug-likeness (QED) is 0.768. The van der Waals surface area contributed by atoms with Crippen molar-refractivity contribution >= 4 is 17.5 Å². The smallest absolute Gasteiger partial charge is 0.255 e. The molecule has 1 heterocycles. The molecule has 0 atom stereocenters. The van der Waals surface area contributed by atoms with Crippen LogP contribution in [-0.2, 0) is 6.54 Å². The minimum atomic E-state index is -0.241. The predicted octanol–water partition coefficient (Wildman–Crippen LogP) is 3.61. The van der Waals surface area contributed by atoms with Gasteiger partial charge < -0.3 is 10.2 Å². The lowest BCUT2D eigenvalue weighted by molar-refractivity contribution is 0.0784. The van der Waals surface area contributed by atoms with Gasteiger partial charge in [-0.3, -0.25) is 14.6 Å². The number of nitrogens with zero attached hydrogens (tertiary/aromatic N) is 2. The van der Waals surface area contributed by atoms with Crippen LogP contribution in [-0.4, -0.2) is 28.7 Å².